The third-order valence-electron chi connectivity index (χ3n) is 3.51. The molecule has 94 valence electrons. The lowest BCUT2D eigenvalue weighted by molar-refractivity contribution is 0.138. The summed E-state index contributed by atoms with van der Waals surface area (Å²) in [7, 11) is 2.15. The van der Waals surface area contributed by atoms with E-state index in [0.29, 0.717) is 5.69 Å². The molecule has 0 aliphatic carbocycles. The zero-order valence-electron chi connectivity index (χ0n) is 10.7. The first-order valence-electron chi connectivity index (χ1n) is 5.92. The van der Waals surface area contributed by atoms with E-state index in [1.165, 1.54) is 0 Å². The van der Waals surface area contributed by atoms with Crippen LogP contribution in [0.1, 0.15) is 19.5 Å². The summed E-state index contributed by atoms with van der Waals surface area (Å²) >= 11 is 0. The molecule has 17 heavy (non-hydrogen) atoms. The van der Waals surface area contributed by atoms with Crippen molar-refractivity contribution < 1.29 is 5.11 Å². The summed E-state index contributed by atoms with van der Waals surface area (Å²) in [6.45, 7) is 7.34. The standard InChI is InChI=1S/C12H20N4O/c1-12(2)9-16(7-6-15(12)3)11-5-4-10(8-17)13-14-11/h4-5,17H,6-9H2,1-3H3. The van der Waals surface area contributed by atoms with Gasteiger partial charge in [0, 0.05) is 25.2 Å². The van der Waals surface area contributed by atoms with E-state index in [2.05, 4.69) is 40.9 Å². The Labute approximate surface area is 102 Å². The summed E-state index contributed by atoms with van der Waals surface area (Å²) in [5.41, 5.74) is 0.761. The molecule has 2 heterocycles. The van der Waals surface area contributed by atoms with Gasteiger partial charge in [0.2, 0.25) is 0 Å². The molecule has 1 aromatic heterocycles. The minimum atomic E-state index is -0.0541. The quantitative estimate of drug-likeness (QED) is 0.810. The van der Waals surface area contributed by atoms with E-state index in [-0.39, 0.29) is 12.1 Å². The molecule has 0 spiro atoms. The van der Waals surface area contributed by atoms with Crippen LogP contribution in [0.5, 0.6) is 0 Å². The number of piperazine rings is 1. The molecule has 1 aromatic rings. The number of rotatable bonds is 2. The molecule has 0 aromatic carbocycles. The van der Waals surface area contributed by atoms with E-state index in [9.17, 15) is 0 Å². The molecule has 5 heteroatoms. The lowest BCUT2D eigenvalue weighted by atomic mass is 10.00. The fourth-order valence-electron chi connectivity index (χ4n) is 2.04. The second kappa shape index (κ2) is 4.58. The topological polar surface area (TPSA) is 52.5 Å². The molecule has 1 saturated heterocycles. The fraction of sp³-hybridized carbons (Fsp3) is 0.667. The number of aliphatic hydroxyl groups is 1. The molecule has 1 fully saturated rings. The van der Waals surface area contributed by atoms with Crippen molar-refractivity contribution in [3.8, 4) is 0 Å². The van der Waals surface area contributed by atoms with Crippen LogP contribution in [0.4, 0.5) is 5.82 Å². The molecular weight excluding hydrogens is 216 g/mol. The van der Waals surface area contributed by atoms with E-state index < -0.39 is 0 Å². The largest absolute Gasteiger partial charge is 0.390 e. The third-order valence-corrected chi connectivity index (χ3v) is 3.51. The van der Waals surface area contributed by atoms with Crippen molar-refractivity contribution in [3.05, 3.63) is 17.8 Å². The van der Waals surface area contributed by atoms with E-state index in [1.54, 1.807) is 0 Å². The second-order valence-corrected chi connectivity index (χ2v) is 5.20. The molecule has 1 N–H and O–H groups in total. The van der Waals surface area contributed by atoms with Gasteiger partial charge in [-0.25, -0.2) is 0 Å². The highest BCUT2D eigenvalue weighted by atomic mass is 16.3. The Morgan fingerprint density at radius 3 is 2.59 bits per heavy atom. The highest BCUT2D eigenvalue weighted by Crippen LogP contribution is 2.22. The molecule has 0 radical (unpaired) electrons. The van der Waals surface area contributed by atoms with E-state index in [1.807, 2.05) is 12.1 Å². The Balaban J connectivity index is 2.12. The highest BCUT2D eigenvalue weighted by Gasteiger charge is 2.31. The van der Waals surface area contributed by atoms with Crippen LogP contribution in [-0.4, -0.2) is 52.4 Å². The summed E-state index contributed by atoms with van der Waals surface area (Å²) in [6.07, 6.45) is 0. The first-order chi connectivity index (χ1) is 8.03. The summed E-state index contributed by atoms with van der Waals surface area (Å²) in [6, 6.07) is 3.76. The van der Waals surface area contributed by atoms with Crippen molar-refractivity contribution >= 4 is 5.82 Å². The molecular formula is C12H20N4O. The molecule has 0 unspecified atom stereocenters. The summed E-state index contributed by atoms with van der Waals surface area (Å²) < 4.78 is 0. The van der Waals surface area contributed by atoms with E-state index >= 15 is 0 Å². The van der Waals surface area contributed by atoms with Crippen LogP contribution >= 0.6 is 0 Å². The van der Waals surface area contributed by atoms with E-state index in [0.717, 1.165) is 25.5 Å². The first kappa shape index (κ1) is 12.3. The van der Waals surface area contributed by atoms with Crippen molar-refractivity contribution in [1.29, 1.82) is 0 Å². The van der Waals surface area contributed by atoms with Gasteiger partial charge in [0.05, 0.1) is 12.3 Å². The highest BCUT2D eigenvalue weighted by molar-refractivity contribution is 5.38. The Hall–Kier alpha value is -1.20. The molecule has 0 saturated carbocycles. The molecule has 0 atom stereocenters. The van der Waals surface area contributed by atoms with Crippen LogP contribution < -0.4 is 4.90 Å². The Kier molecular flexibility index (Phi) is 3.31. The first-order valence-corrected chi connectivity index (χ1v) is 5.92. The Morgan fingerprint density at radius 2 is 2.06 bits per heavy atom. The van der Waals surface area contributed by atoms with Crippen LogP contribution in [0.3, 0.4) is 0 Å². The lowest BCUT2D eigenvalue weighted by Crippen LogP contribution is -2.57. The van der Waals surface area contributed by atoms with Gasteiger partial charge in [-0.3, -0.25) is 4.90 Å². The van der Waals surface area contributed by atoms with Crippen molar-refractivity contribution in [3.63, 3.8) is 0 Å². The van der Waals surface area contributed by atoms with Crippen LogP contribution in [0.2, 0.25) is 0 Å². The summed E-state index contributed by atoms with van der Waals surface area (Å²) in [5, 5.41) is 17.1. The molecule has 1 aliphatic rings. The zero-order chi connectivity index (χ0) is 12.5. The minimum Gasteiger partial charge on any atom is -0.390 e. The SMILES string of the molecule is CN1CCN(c2ccc(CO)nn2)CC1(C)C. The van der Waals surface area contributed by atoms with Crippen molar-refractivity contribution in [2.45, 2.75) is 26.0 Å². The maximum Gasteiger partial charge on any atom is 0.151 e. The van der Waals surface area contributed by atoms with Crippen LogP contribution in [0.25, 0.3) is 0 Å². The van der Waals surface area contributed by atoms with Crippen LogP contribution in [-0.2, 0) is 6.61 Å². The van der Waals surface area contributed by atoms with Gasteiger partial charge in [0.25, 0.3) is 0 Å². The summed E-state index contributed by atoms with van der Waals surface area (Å²) in [5.74, 6) is 0.892. The van der Waals surface area contributed by atoms with Gasteiger partial charge < -0.3 is 10.0 Å². The minimum absolute atomic E-state index is 0.0541. The normalized spacial score (nSPS) is 20.6. The molecule has 5 nitrogen and oxygen atoms in total. The Bertz CT molecular complexity index is 377. The van der Waals surface area contributed by atoms with Gasteiger partial charge >= 0.3 is 0 Å². The van der Waals surface area contributed by atoms with Crippen LogP contribution in [0.15, 0.2) is 12.1 Å². The maximum absolute atomic E-state index is 8.93. The summed E-state index contributed by atoms with van der Waals surface area (Å²) in [4.78, 5) is 4.60. The van der Waals surface area contributed by atoms with Gasteiger partial charge in [-0.05, 0) is 33.0 Å². The number of anilines is 1. The average molecular weight is 236 g/mol. The average Bonchev–Trinajstić information content (AvgIpc) is 2.33. The van der Waals surface area contributed by atoms with Crippen molar-refractivity contribution in [2.24, 2.45) is 0 Å². The number of hydrogen-bond acceptors (Lipinski definition) is 5. The smallest absolute Gasteiger partial charge is 0.151 e. The van der Waals surface area contributed by atoms with Gasteiger partial charge in [0.15, 0.2) is 5.82 Å². The number of likely N-dealkylation sites (N-methyl/N-ethyl adjacent to an activating group) is 1. The number of aliphatic hydroxyl groups excluding tert-OH is 1. The predicted octanol–water partition coefficient (Wildman–Crippen LogP) is 0.499. The van der Waals surface area contributed by atoms with Crippen molar-refractivity contribution in [1.82, 2.24) is 15.1 Å². The monoisotopic (exact) mass is 236 g/mol. The number of aromatic nitrogens is 2. The second-order valence-electron chi connectivity index (χ2n) is 5.20. The van der Waals surface area contributed by atoms with Gasteiger partial charge in [0.1, 0.15) is 0 Å². The maximum atomic E-state index is 8.93. The van der Waals surface area contributed by atoms with Gasteiger partial charge in [-0.15, -0.1) is 5.10 Å². The molecule has 2 rings (SSSR count). The third kappa shape index (κ3) is 2.56. The van der Waals surface area contributed by atoms with Gasteiger partial charge in [-0.1, -0.05) is 0 Å². The van der Waals surface area contributed by atoms with Gasteiger partial charge in [-0.2, -0.15) is 5.10 Å². The molecule has 1 aliphatic heterocycles. The predicted molar refractivity (Wildman–Crippen MR) is 66.9 cm³/mol. The number of nitrogens with zero attached hydrogens (tertiary/aromatic N) is 4. The molecule has 0 bridgehead atoms. The molecule has 0 amide bonds. The Morgan fingerprint density at radius 1 is 1.29 bits per heavy atom. The fourth-order valence-corrected chi connectivity index (χ4v) is 2.04. The zero-order valence-corrected chi connectivity index (χ0v) is 10.7. The van der Waals surface area contributed by atoms with E-state index in [4.69, 9.17) is 5.11 Å². The van der Waals surface area contributed by atoms with Crippen molar-refractivity contribution in [2.75, 3.05) is 31.6 Å². The van der Waals surface area contributed by atoms with Crippen LogP contribution in [0, 0.1) is 0 Å². The lowest BCUT2D eigenvalue weighted by Gasteiger charge is -2.45. The number of hydrogen-bond donors (Lipinski definition) is 1.